The molecule has 162 valence electrons. The average Bonchev–Trinajstić information content (AvgIpc) is 2.64. The number of benzene rings is 1. The third-order valence-electron chi connectivity index (χ3n) is 5.26. The Labute approximate surface area is 178 Å². The molecule has 0 radical (unpaired) electrons. The summed E-state index contributed by atoms with van der Waals surface area (Å²) in [7, 11) is 0. The van der Waals surface area contributed by atoms with Crippen molar-refractivity contribution in [2.24, 2.45) is 0 Å². The minimum atomic E-state index is -4.40. The second-order valence-electron chi connectivity index (χ2n) is 7.53. The standard InChI is InChI=1S/C21H24F3N3O2S/c1-13-8-16(11-20(28)29)10-18(9-13)30-27-7-6-26(14(2)15(27)3)19-5-4-17(12-25-19)21(22,23)24/h4-5,8-10,12,14-15H,6-7,11H2,1-3H3,(H,28,29)/t14-,15+/m1/s1. The summed E-state index contributed by atoms with van der Waals surface area (Å²) in [5, 5.41) is 9.05. The first-order valence-electron chi connectivity index (χ1n) is 9.61. The molecule has 0 spiro atoms. The van der Waals surface area contributed by atoms with E-state index >= 15 is 0 Å². The lowest BCUT2D eigenvalue weighted by atomic mass is 10.1. The van der Waals surface area contributed by atoms with E-state index in [4.69, 9.17) is 5.11 Å². The highest BCUT2D eigenvalue weighted by Crippen LogP contribution is 2.34. The number of aryl methyl sites for hydroxylation is 1. The second-order valence-corrected chi connectivity index (χ2v) is 8.66. The summed E-state index contributed by atoms with van der Waals surface area (Å²) in [4.78, 5) is 18.1. The lowest BCUT2D eigenvalue weighted by Gasteiger charge is -2.44. The van der Waals surface area contributed by atoms with Crippen LogP contribution in [0, 0.1) is 6.92 Å². The second kappa shape index (κ2) is 8.85. The predicted molar refractivity (Wildman–Crippen MR) is 111 cm³/mol. The molecule has 3 rings (SSSR count). The Morgan fingerprint density at radius 2 is 1.93 bits per heavy atom. The largest absolute Gasteiger partial charge is 0.481 e. The maximum absolute atomic E-state index is 12.8. The van der Waals surface area contributed by atoms with Gasteiger partial charge in [0.1, 0.15) is 5.82 Å². The molecule has 0 amide bonds. The number of anilines is 1. The van der Waals surface area contributed by atoms with Crippen molar-refractivity contribution in [3.8, 4) is 0 Å². The van der Waals surface area contributed by atoms with Crippen LogP contribution in [0.4, 0.5) is 19.0 Å². The van der Waals surface area contributed by atoms with E-state index in [1.807, 2.05) is 36.9 Å². The number of piperazine rings is 1. The number of halogens is 3. The van der Waals surface area contributed by atoms with Crippen LogP contribution in [0.25, 0.3) is 0 Å². The zero-order chi connectivity index (χ0) is 22.1. The summed E-state index contributed by atoms with van der Waals surface area (Å²) in [6.07, 6.45) is -3.54. The van der Waals surface area contributed by atoms with Gasteiger partial charge in [0.15, 0.2) is 0 Å². The van der Waals surface area contributed by atoms with Crippen molar-refractivity contribution in [1.29, 1.82) is 0 Å². The van der Waals surface area contributed by atoms with Gasteiger partial charge in [0, 0.05) is 36.3 Å². The molecule has 9 heteroatoms. The normalized spacial score (nSPS) is 20.4. The molecule has 0 aliphatic carbocycles. The van der Waals surface area contributed by atoms with Gasteiger partial charge in [-0.25, -0.2) is 9.29 Å². The zero-order valence-corrected chi connectivity index (χ0v) is 17.8. The van der Waals surface area contributed by atoms with Crippen molar-refractivity contribution < 1.29 is 23.1 Å². The van der Waals surface area contributed by atoms with Gasteiger partial charge < -0.3 is 10.0 Å². The van der Waals surface area contributed by atoms with Crippen molar-refractivity contribution in [3.63, 3.8) is 0 Å². The topological polar surface area (TPSA) is 56.7 Å². The van der Waals surface area contributed by atoms with Crippen LogP contribution in [-0.2, 0) is 17.4 Å². The van der Waals surface area contributed by atoms with Crippen LogP contribution in [0.1, 0.15) is 30.5 Å². The Morgan fingerprint density at radius 1 is 1.20 bits per heavy atom. The van der Waals surface area contributed by atoms with E-state index in [-0.39, 0.29) is 18.5 Å². The highest BCUT2D eigenvalue weighted by Gasteiger charge is 2.34. The number of rotatable bonds is 5. The van der Waals surface area contributed by atoms with E-state index in [2.05, 4.69) is 16.2 Å². The molecular weight excluding hydrogens is 415 g/mol. The molecular formula is C21H24F3N3O2S. The maximum Gasteiger partial charge on any atom is 0.417 e. The highest BCUT2D eigenvalue weighted by molar-refractivity contribution is 7.97. The highest BCUT2D eigenvalue weighted by atomic mass is 32.2. The Bertz CT molecular complexity index is 905. The van der Waals surface area contributed by atoms with Gasteiger partial charge in [-0.15, -0.1) is 0 Å². The van der Waals surface area contributed by atoms with Crippen LogP contribution < -0.4 is 4.90 Å². The van der Waals surface area contributed by atoms with Gasteiger partial charge >= 0.3 is 12.1 Å². The molecule has 1 aliphatic heterocycles. The molecule has 0 bridgehead atoms. The molecule has 1 fully saturated rings. The third kappa shape index (κ3) is 5.26. The number of aromatic nitrogens is 1. The van der Waals surface area contributed by atoms with Crippen LogP contribution in [-0.4, -0.2) is 45.5 Å². The van der Waals surface area contributed by atoms with Gasteiger partial charge in [-0.05, 0) is 68.1 Å². The molecule has 1 aromatic heterocycles. The van der Waals surface area contributed by atoms with E-state index in [0.717, 1.165) is 28.3 Å². The Morgan fingerprint density at radius 3 is 2.53 bits per heavy atom. The summed E-state index contributed by atoms with van der Waals surface area (Å²) < 4.78 is 40.6. The molecule has 0 saturated carbocycles. The maximum atomic E-state index is 12.8. The number of pyridine rings is 1. The van der Waals surface area contributed by atoms with E-state index in [1.54, 1.807) is 11.9 Å². The number of aliphatic carboxylic acids is 1. The lowest BCUT2D eigenvalue weighted by molar-refractivity contribution is -0.138. The van der Waals surface area contributed by atoms with E-state index in [0.29, 0.717) is 18.9 Å². The number of alkyl halides is 3. The number of carboxylic acids is 1. The number of hydrogen-bond donors (Lipinski definition) is 1. The molecule has 1 aromatic carbocycles. The summed E-state index contributed by atoms with van der Waals surface area (Å²) in [5.41, 5.74) is 1.01. The summed E-state index contributed by atoms with van der Waals surface area (Å²) >= 11 is 1.58. The third-order valence-corrected chi connectivity index (χ3v) is 6.46. The first kappa shape index (κ1) is 22.4. The van der Waals surface area contributed by atoms with Crippen molar-refractivity contribution in [1.82, 2.24) is 9.29 Å². The quantitative estimate of drug-likeness (QED) is 0.685. The summed E-state index contributed by atoms with van der Waals surface area (Å²) in [6.45, 7) is 7.37. The smallest absolute Gasteiger partial charge is 0.417 e. The van der Waals surface area contributed by atoms with Crippen molar-refractivity contribution in [3.05, 3.63) is 53.2 Å². The van der Waals surface area contributed by atoms with Crippen LogP contribution in [0.5, 0.6) is 0 Å². The zero-order valence-electron chi connectivity index (χ0n) is 17.0. The van der Waals surface area contributed by atoms with E-state index < -0.39 is 17.7 Å². The average molecular weight is 440 g/mol. The van der Waals surface area contributed by atoms with Crippen LogP contribution in [0.3, 0.4) is 0 Å². The number of carbonyl (C=O) groups is 1. The molecule has 2 heterocycles. The molecule has 1 saturated heterocycles. The number of nitrogens with zero attached hydrogens (tertiary/aromatic N) is 3. The SMILES string of the molecule is Cc1cc(CC(=O)O)cc(SN2CCN(c3ccc(C(F)(F)F)cn3)[C@H](C)[C@@H]2C)c1. The molecule has 2 aromatic rings. The first-order chi connectivity index (χ1) is 14.0. The predicted octanol–water partition coefficient (Wildman–Crippen LogP) is 4.64. The first-order valence-corrected chi connectivity index (χ1v) is 10.4. The molecule has 0 unspecified atom stereocenters. The van der Waals surface area contributed by atoms with Gasteiger partial charge in [0.2, 0.25) is 0 Å². The van der Waals surface area contributed by atoms with Crippen molar-refractivity contribution in [2.45, 2.75) is 50.3 Å². The Balaban J connectivity index is 1.71. The monoisotopic (exact) mass is 439 g/mol. The van der Waals surface area contributed by atoms with Gasteiger partial charge in [-0.3, -0.25) is 4.79 Å². The van der Waals surface area contributed by atoms with Crippen molar-refractivity contribution in [2.75, 3.05) is 18.0 Å². The van der Waals surface area contributed by atoms with Gasteiger partial charge in [0.25, 0.3) is 0 Å². The Hall–Kier alpha value is -2.26. The van der Waals surface area contributed by atoms with Gasteiger partial charge in [-0.1, -0.05) is 6.07 Å². The van der Waals surface area contributed by atoms with Crippen LogP contribution in [0.15, 0.2) is 41.4 Å². The van der Waals surface area contributed by atoms with Crippen LogP contribution >= 0.6 is 11.9 Å². The lowest BCUT2D eigenvalue weighted by Crippen LogP contribution is -2.55. The number of hydrogen-bond acceptors (Lipinski definition) is 5. The molecule has 1 aliphatic rings. The molecule has 30 heavy (non-hydrogen) atoms. The number of carboxylic acid groups (broad SMARTS) is 1. The Kier molecular flexibility index (Phi) is 6.62. The minimum Gasteiger partial charge on any atom is -0.481 e. The summed E-state index contributed by atoms with van der Waals surface area (Å²) in [5.74, 6) is -0.331. The van der Waals surface area contributed by atoms with Gasteiger partial charge in [-0.2, -0.15) is 13.2 Å². The fourth-order valence-corrected chi connectivity index (χ4v) is 4.81. The fourth-order valence-electron chi connectivity index (χ4n) is 3.58. The van der Waals surface area contributed by atoms with Crippen molar-refractivity contribution >= 4 is 23.7 Å². The molecule has 2 atom stereocenters. The minimum absolute atomic E-state index is 0.0193. The van der Waals surface area contributed by atoms with Crippen LogP contribution in [0.2, 0.25) is 0 Å². The van der Waals surface area contributed by atoms with E-state index in [1.165, 1.54) is 6.07 Å². The molecule has 5 nitrogen and oxygen atoms in total. The van der Waals surface area contributed by atoms with E-state index in [9.17, 15) is 18.0 Å². The summed E-state index contributed by atoms with van der Waals surface area (Å²) in [6, 6.07) is 8.43. The molecule has 1 N–H and O–H groups in total. The fraction of sp³-hybridized carbons (Fsp3) is 0.429. The van der Waals surface area contributed by atoms with Gasteiger partial charge in [0.05, 0.1) is 12.0 Å².